The van der Waals surface area contributed by atoms with Crippen molar-refractivity contribution < 1.29 is 28.6 Å². The Morgan fingerprint density at radius 2 is 1.79 bits per heavy atom. The number of esters is 1. The van der Waals surface area contributed by atoms with Crippen molar-refractivity contribution in [2.24, 2.45) is 0 Å². The molecule has 1 atom stereocenters. The summed E-state index contributed by atoms with van der Waals surface area (Å²) in [5.41, 5.74) is 0.868. The van der Waals surface area contributed by atoms with Crippen molar-refractivity contribution in [3.05, 3.63) is 23.8 Å². The zero-order chi connectivity index (χ0) is 18.1. The van der Waals surface area contributed by atoms with E-state index in [4.69, 9.17) is 14.2 Å². The first-order valence-corrected chi connectivity index (χ1v) is 7.34. The van der Waals surface area contributed by atoms with Crippen molar-refractivity contribution in [1.29, 1.82) is 0 Å². The van der Waals surface area contributed by atoms with Gasteiger partial charge < -0.3 is 19.5 Å². The summed E-state index contributed by atoms with van der Waals surface area (Å²) in [6, 6.07) is 4.68. The lowest BCUT2D eigenvalue weighted by Gasteiger charge is -2.13. The number of methoxy groups -OCH3 is 2. The number of benzene rings is 1. The molecule has 24 heavy (non-hydrogen) atoms. The summed E-state index contributed by atoms with van der Waals surface area (Å²) in [7, 11) is 4.45. The van der Waals surface area contributed by atoms with E-state index >= 15 is 0 Å². The second-order valence-electron chi connectivity index (χ2n) is 4.89. The number of hydrogen-bond acceptors (Lipinski definition) is 6. The van der Waals surface area contributed by atoms with Crippen molar-refractivity contribution in [3.8, 4) is 11.5 Å². The first kappa shape index (κ1) is 19.3. The zero-order valence-corrected chi connectivity index (χ0v) is 14.2. The topological polar surface area (TPSA) is 103 Å². The summed E-state index contributed by atoms with van der Waals surface area (Å²) >= 11 is 0. The van der Waals surface area contributed by atoms with Gasteiger partial charge >= 0.3 is 12.0 Å². The molecule has 1 aromatic rings. The van der Waals surface area contributed by atoms with Crippen molar-refractivity contribution in [3.63, 3.8) is 0 Å². The fourth-order valence-electron chi connectivity index (χ4n) is 1.87. The van der Waals surface area contributed by atoms with Crippen LogP contribution in [0.25, 0.3) is 0 Å². The predicted octanol–water partition coefficient (Wildman–Crippen LogP) is 1.02. The Hall–Kier alpha value is -2.77. The highest BCUT2D eigenvalue weighted by Crippen LogP contribution is 2.27. The van der Waals surface area contributed by atoms with Crippen LogP contribution >= 0.6 is 0 Å². The Morgan fingerprint density at radius 3 is 2.38 bits per heavy atom. The molecule has 0 aromatic heterocycles. The fraction of sp³-hybridized carbons (Fsp3) is 0.438. The highest BCUT2D eigenvalue weighted by molar-refractivity contribution is 5.96. The lowest BCUT2D eigenvalue weighted by molar-refractivity contribution is -0.154. The molecule has 0 bridgehead atoms. The molecule has 1 aromatic carbocycles. The van der Waals surface area contributed by atoms with E-state index in [9.17, 15) is 14.4 Å². The van der Waals surface area contributed by atoms with Crippen molar-refractivity contribution in [2.75, 3.05) is 21.3 Å². The number of carbonyl (C=O) groups is 3. The Balaban J connectivity index is 2.51. The van der Waals surface area contributed by atoms with Crippen molar-refractivity contribution in [1.82, 2.24) is 10.6 Å². The molecule has 0 aliphatic rings. The van der Waals surface area contributed by atoms with E-state index < -0.39 is 24.0 Å². The minimum Gasteiger partial charge on any atom is -0.493 e. The molecule has 2 N–H and O–H groups in total. The van der Waals surface area contributed by atoms with Crippen LogP contribution in [0.2, 0.25) is 0 Å². The van der Waals surface area contributed by atoms with Crippen LogP contribution in [0.5, 0.6) is 11.5 Å². The third-order valence-corrected chi connectivity index (χ3v) is 3.21. The monoisotopic (exact) mass is 338 g/mol. The van der Waals surface area contributed by atoms with Crippen molar-refractivity contribution in [2.45, 2.75) is 25.9 Å². The quantitative estimate of drug-likeness (QED) is 0.720. The standard InChI is InChI=1S/C16H22N2O6/c1-10(15(20)18-16(21)17-2)24-14(19)8-6-11-5-7-12(22-3)13(9-11)23-4/h5,7,9-10H,6,8H2,1-4H3,(H2,17,18,20,21)/t10-/m0/s1. The number of ether oxygens (including phenoxy) is 3. The first-order valence-electron chi connectivity index (χ1n) is 7.34. The van der Waals surface area contributed by atoms with Gasteiger partial charge in [0.15, 0.2) is 17.6 Å². The summed E-state index contributed by atoms with van der Waals surface area (Å²) in [5, 5.41) is 4.28. The van der Waals surface area contributed by atoms with Gasteiger partial charge in [-0.05, 0) is 31.0 Å². The third kappa shape index (κ3) is 5.79. The molecule has 132 valence electrons. The molecular formula is C16H22N2O6. The Kier molecular flexibility index (Phi) is 7.54. The van der Waals surface area contributed by atoms with E-state index in [2.05, 4.69) is 5.32 Å². The molecule has 8 nitrogen and oxygen atoms in total. The minimum atomic E-state index is -1.06. The Morgan fingerprint density at radius 1 is 1.12 bits per heavy atom. The van der Waals surface area contributed by atoms with E-state index in [0.29, 0.717) is 17.9 Å². The third-order valence-electron chi connectivity index (χ3n) is 3.21. The molecule has 0 saturated carbocycles. The minimum absolute atomic E-state index is 0.0904. The van der Waals surface area contributed by atoms with Gasteiger partial charge in [-0.3, -0.25) is 14.9 Å². The number of hydrogen-bond donors (Lipinski definition) is 2. The molecule has 0 radical (unpaired) electrons. The largest absolute Gasteiger partial charge is 0.493 e. The lowest BCUT2D eigenvalue weighted by Crippen LogP contribution is -2.43. The molecule has 0 spiro atoms. The molecule has 0 heterocycles. The predicted molar refractivity (Wildman–Crippen MR) is 86.0 cm³/mol. The van der Waals surface area contributed by atoms with Crippen LogP contribution in [-0.2, 0) is 20.7 Å². The van der Waals surface area contributed by atoms with Gasteiger partial charge in [0.1, 0.15) is 0 Å². The fourth-order valence-corrected chi connectivity index (χ4v) is 1.87. The number of urea groups is 1. The Labute approximate surface area is 140 Å². The molecule has 0 aliphatic heterocycles. The second kappa shape index (κ2) is 9.39. The van der Waals surface area contributed by atoms with Crippen LogP contribution < -0.4 is 20.1 Å². The summed E-state index contributed by atoms with van der Waals surface area (Å²) < 4.78 is 15.3. The van der Waals surface area contributed by atoms with Crippen LogP contribution in [0.1, 0.15) is 18.9 Å². The van der Waals surface area contributed by atoms with Crippen molar-refractivity contribution >= 4 is 17.9 Å². The van der Waals surface area contributed by atoms with Crippen LogP contribution in [-0.4, -0.2) is 45.3 Å². The van der Waals surface area contributed by atoms with E-state index in [-0.39, 0.29) is 6.42 Å². The number of rotatable bonds is 7. The average molecular weight is 338 g/mol. The van der Waals surface area contributed by atoms with Gasteiger partial charge in [-0.15, -0.1) is 0 Å². The maximum absolute atomic E-state index is 11.8. The van der Waals surface area contributed by atoms with Crippen LogP contribution in [0.4, 0.5) is 4.79 Å². The number of nitrogens with one attached hydrogen (secondary N) is 2. The molecule has 0 fully saturated rings. The average Bonchev–Trinajstić information content (AvgIpc) is 2.59. The van der Waals surface area contributed by atoms with E-state index in [1.807, 2.05) is 11.4 Å². The van der Waals surface area contributed by atoms with Crippen LogP contribution in [0, 0.1) is 0 Å². The lowest BCUT2D eigenvalue weighted by atomic mass is 10.1. The van der Waals surface area contributed by atoms with E-state index in [0.717, 1.165) is 5.56 Å². The molecule has 0 aliphatic carbocycles. The van der Waals surface area contributed by atoms with Gasteiger partial charge in [-0.2, -0.15) is 0 Å². The molecule has 0 unspecified atom stereocenters. The van der Waals surface area contributed by atoms with Gasteiger partial charge in [0.25, 0.3) is 5.91 Å². The first-order chi connectivity index (χ1) is 11.4. The molecule has 0 saturated heterocycles. The van der Waals surface area contributed by atoms with Crippen LogP contribution in [0.15, 0.2) is 18.2 Å². The maximum atomic E-state index is 11.8. The second-order valence-corrected chi connectivity index (χ2v) is 4.89. The zero-order valence-electron chi connectivity index (χ0n) is 14.2. The summed E-state index contributed by atoms with van der Waals surface area (Å²) in [4.78, 5) is 34.4. The number of carbonyl (C=O) groups excluding carboxylic acids is 3. The number of imide groups is 1. The van der Waals surface area contributed by atoms with Gasteiger partial charge in [0.05, 0.1) is 14.2 Å². The van der Waals surface area contributed by atoms with Gasteiger partial charge in [-0.1, -0.05) is 6.07 Å². The summed E-state index contributed by atoms with van der Waals surface area (Å²) in [6.45, 7) is 1.40. The summed E-state index contributed by atoms with van der Waals surface area (Å²) in [5.74, 6) is -0.0526. The van der Waals surface area contributed by atoms with Gasteiger partial charge in [-0.25, -0.2) is 4.79 Å². The molecule has 3 amide bonds. The van der Waals surface area contributed by atoms with E-state index in [1.165, 1.54) is 21.1 Å². The number of amides is 3. The molecule has 1 rings (SSSR count). The molecule has 8 heteroatoms. The normalized spacial score (nSPS) is 11.2. The van der Waals surface area contributed by atoms with E-state index in [1.54, 1.807) is 19.2 Å². The van der Waals surface area contributed by atoms with Gasteiger partial charge in [0, 0.05) is 13.5 Å². The molecular weight excluding hydrogens is 316 g/mol. The van der Waals surface area contributed by atoms with Gasteiger partial charge in [0.2, 0.25) is 0 Å². The maximum Gasteiger partial charge on any atom is 0.321 e. The SMILES string of the molecule is CNC(=O)NC(=O)[C@H](C)OC(=O)CCc1ccc(OC)c(OC)c1. The van der Waals surface area contributed by atoms with Crippen LogP contribution in [0.3, 0.4) is 0 Å². The summed E-state index contributed by atoms with van der Waals surface area (Å²) in [6.07, 6.45) is -0.545. The highest BCUT2D eigenvalue weighted by atomic mass is 16.5. The smallest absolute Gasteiger partial charge is 0.321 e. The number of aryl methyl sites for hydroxylation is 1. The Bertz CT molecular complexity index is 602. The highest BCUT2D eigenvalue weighted by Gasteiger charge is 2.19.